The summed E-state index contributed by atoms with van der Waals surface area (Å²) in [5.41, 5.74) is 3.64. The summed E-state index contributed by atoms with van der Waals surface area (Å²) in [7, 11) is 0. The Kier molecular flexibility index (Phi) is 3.15. The molecule has 4 heterocycles. The van der Waals surface area contributed by atoms with Crippen molar-refractivity contribution in [1.29, 1.82) is 0 Å². The molecule has 0 saturated carbocycles. The van der Waals surface area contributed by atoms with Crippen molar-refractivity contribution in [1.82, 2.24) is 19.0 Å². The van der Waals surface area contributed by atoms with E-state index in [2.05, 4.69) is 21.9 Å². The molecule has 4 aromatic rings. The Bertz CT molecular complexity index is 1100. The topological polar surface area (TPSA) is 54.8 Å². The van der Waals surface area contributed by atoms with Gasteiger partial charge in [0.25, 0.3) is 0 Å². The lowest BCUT2D eigenvalue weighted by molar-refractivity contribution is 0.143. The number of rotatable bonds is 1. The van der Waals surface area contributed by atoms with E-state index in [-0.39, 0.29) is 0 Å². The Balaban J connectivity index is 1.93. The van der Waals surface area contributed by atoms with Gasteiger partial charge in [0.05, 0.1) is 17.3 Å². The third-order valence-corrected chi connectivity index (χ3v) is 3.74. The predicted molar refractivity (Wildman–Crippen MR) is 92.6 cm³/mol. The first-order valence-corrected chi connectivity index (χ1v) is 7.66. The number of pyridine rings is 2. The summed E-state index contributed by atoms with van der Waals surface area (Å²) >= 11 is 0. The normalized spacial score (nSPS) is 11.6. The Morgan fingerprint density at radius 1 is 1.17 bits per heavy atom. The van der Waals surface area contributed by atoms with E-state index in [9.17, 15) is 5.11 Å². The number of aromatic nitrogens is 4. The highest BCUT2D eigenvalue weighted by molar-refractivity contribution is 5.84. The van der Waals surface area contributed by atoms with Crippen LogP contribution in [-0.2, 0) is 0 Å². The first kappa shape index (κ1) is 14.5. The molecular formula is C19H16N4O. The molecule has 0 fully saturated rings. The van der Waals surface area contributed by atoms with Crippen LogP contribution in [0.15, 0.2) is 55.2 Å². The highest BCUT2D eigenvalue weighted by atomic mass is 16.3. The highest BCUT2D eigenvalue weighted by Gasteiger charge is 2.12. The van der Waals surface area contributed by atoms with E-state index in [1.807, 2.05) is 58.0 Å². The third-order valence-electron chi connectivity index (χ3n) is 3.74. The van der Waals surface area contributed by atoms with Gasteiger partial charge in [0.15, 0.2) is 0 Å². The van der Waals surface area contributed by atoms with Crippen LogP contribution in [0.5, 0.6) is 0 Å². The van der Waals surface area contributed by atoms with Crippen molar-refractivity contribution >= 4 is 11.2 Å². The van der Waals surface area contributed by atoms with Gasteiger partial charge in [-0.2, -0.15) is 5.10 Å². The SMILES string of the molecule is CC(C)(O)C#Cc1cccn2ncc(-c3ccc4nccn4c3)c12. The van der Waals surface area contributed by atoms with Crippen molar-refractivity contribution in [2.24, 2.45) is 0 Å². The van der Waals surface area contributed by atoms with Gasteiger partial charge in [-0.15, -0.1) is 0 Å². The molecule has 1 N–H and O–H groups in total. The van der Waals surface area contributed by atoms with Crippen LogP contribution in [0.2, 0.25) is 0 Å². The first-order valence-electron chi connectivity index (χ1n) is 7.66. The van der Waals surface area contributed by atoms with Crippen LogP contribution in [0, 0.1) is 11.8 Å². The Morgan fingerprint density at radius 2 is 2.04 bits per heavy atom. The van der Waals surface area contributed by atoms with Crippen molar-refractivity contribution in [3.05, 3.63) is 60.8 Å². The maximum atomic E-state index is 9.88. The van der Waals surface area contributed by atoms with Gasteiger partial charge in [0, 0.05) is 35.9 Å². The molecule has 0 saturated heterocycles. The van der Waals surface area contributed by atoms with Crippen LogP contribution in [0.3, 0.4) is 0 Å². The minimum Gasteiger partial charge on any atom is -0.378 e. The van der Waals surface area contributed by atoms with Gasteiger partial charge in [0.1, 0.15) is 11.2 Å². The van der Waals surface area contributed by atoms with Crippen molar-refractivity contribution < 1.29 is 5.11 Å². The molecule has 5 nitrogen and oxygen atoms in total. The number of hydrogen-bond acceptors (Lipinski definition) is 3. The minimum atomic E-state index is -1.04. The van der Waals surface area contributed by atoms with Gasteiger partial charge in [-0.05, 0) is 38.1 Å². The van der Waals surface area contributed by atoms with Crippen LogP contribution in [0.4, 0.5) is 0 Å². The number of imidazole rings is 1. The molecule has 0 amide bonds. The molecular weight excluding hydrogens is 300 g/mol. The molecule has 0 unspecified atom stereocenters. The highest BCUT2D eigenvalue weighted by Crippen LogP contribution is 2.27. The largest absolute Gasteiger partial charge is 0.378 e. The van der Waals surface area contributed by atoms with Crippen LogP contribution >= 0.6 is 0 Å². The molecule has 5 heteroatoms. The third kappa shape index (κ3) is 2.53. The second kappa shape index (κ2) is 5.22. The Hall–Kier alpha value is -3.10. The Morgan fingerprint density at radius 3 is 2.88 bits per heavy atom. The summed E-state index contributed by atoms with van der Waals surface area (Å²) in [6.45, 7) is 3.34. The maximum Gasteiger partial charge on any atom is 0.136 e. The zero-order valence-electron chi connectivity index (χ0n) is 13.4. The molecule has 4 rings (SSSR count). The van der Waals surface area contributed by atoms with E-state index in [0.29, 0.717) is 0 Å². The van der Waals surface area contributed by atoms with Gasteiger partial charge >= 0.3 is 0 Å². The average molecular weight is 316 g/mol. The number of hydrogen-bond donors (Lipinski definition) is 1. The molecule has 0 radical (unpaired) electrons. The lowest BCUT2D eigenvalue weighted by Gasteiger charge is -2.07. The monoisotopic (exact) mass is 316 g/mol. The van der Waals surface area contributed by atoms with Crippen molar-refractivity contribution in [3.8, 4) is 23.0 Å². The van der Waals surface area contributed by atoms with Crippen LogP contribution in [-0.4, -0.2) is 29.7 Å². The van der Waals surface area contributed by atoms with E-state index in [0.717, 1.165) is 27.9 Å². The van der Waals surface area contributed by atoms with E-state index < -0.39 is 5.60 Å². The van der Waals surface area contributed by atoms with E-state index >= 15 is 0 Å². The van der Waals surface area contributed by atoms with Crippen LogP contribution in [0.25, 0.3) is 22.3 Å². The van der Waals surface area contributed by atoms with E-state index in [4.69, 9.17) is 0 Å². The summed E-state index contributed by atoms with van der Waals surface area (Å²) in [5.74, 6) is 5.95. The smallest absolute Gasteiger partial charge is 0.136 e. The van der Waals surface area contributed by atoms with Crippen molar-refractivity contribution in [3.63, 3.8) is 0 Å². The summed E-state index contributed by atoms with van der Waals surface area (Å²) in [4.78, 5) is 4.27. The van der Waals surface area contributed by atoms with Gasteiger partial charge in [-0.3, -0.25) is 0 Å². The van der Waals surface area contributed by atoms with Crippen LogP contribution < -0.4 is 0 Å². The number of nitrogens with zero attached hydrogens (tertiary/aromatic N) is 4. The molecule has 0 bridgehead atoms. The molecule has 0 aromatic carbocycles. The van der Waals surface area contributed by atoms with Gasteiger partial charge in [-0.25, -0.2) is 9.50 Å². The predicted octanol–water partition coefficient (Wildman–Crippen LogP) is 2.77. The molecule has 4 aromatic heterocycles. The lowest BCUT2D eigenvalue weighted by Crippen LogP contribution is -2.14. The quantitative estimate of drug-likeness (QED) is 0.549. The summed E-state index contributed by atoms with van der Waals surface area (Å²) < 4.78 is 3.78. The summed E-state index contributed by atoms with van der Waals surface area (Å²) in [6, 6.07) is 7.84. The molecule has 24 heavy (non-hydrogen) atoms. The minimum absolute atomic E-state index is 0.831. The van der Waals surface area contributed by atoms with Crippen LogP contribution in [0.1, 0.15) is 19.4 Å². The van der Waals surface area contributed by atoms with Gasteiger partial charge < -0.3 is 9.51 Å². The summed E-state index contributed by atoms with van der Waals surface area (Å²) in [6.07, 6.45) is 9.45. The first-order chi connectivity index (χ1) is 11.5. The molecule has 0 aliphatic rings. The van der Waals surface area contributed by atoms with E-state index in [1.54, 1.807) is 20.0 Å². The van der Waals surface area contributed by atoms with Crippen molar-refractivity contribution in [2.45, 2.75) is 19.4 Å². The second-order valence-electron chi connectivity index (χ2n) is 6.19. The Labute approximate surface area is 139 Å². The molecule has 0 spiro atoms. The molecule has 0 atom stereocenters. The zero-order valence-corrected chi connectivity index (χ0v) is 13.4. The fraction of sp³-hybridized carbons (Fsp3) is 0.158. The average Bonchev–Trinajstić information content (AvgIpc) is 3.18. The molecule has 118 valence electrons. The fourth-order valence-electron chi connectivity index (χ4n) is 2.66. The fourth-order valence-corrected chi connectivity index (χ4v) is 2.66. The number of fused-ring (bicyclic) bond motifs is 2. The second-order valence-corrected chi connectivity index (χ2v) is 6.19. The van der Waals surface area contributed by atoms with Gasteiger partial charge in [-0.1, -0.05) is 11.8 Å². The summed E-state index contributed by atoms with van der Waals surface area (Å²) in [5, 5.41) is 14.3. The van der Waals surface area contributed by atoms with Gasteiger partial charge in [0.2, 0.25) is 0 Å². The molecule has 0 aliphatic heterocycles. The van der Waals surface area contributed by atoms with Crippen molar-refractivity contribution in [2.75, 3.05) is 0 Å². The lowest BCUT2D eigenvalue weighted by atomic mass is 10.1. The maximum absolute atomic E-state index is 9.88. The standard InChI is InChI=1S/C19H16N4O/c1-19(2,24)8-7-14-4-3-10-23-18(14)16(12-21-23)15-5-6-17-20-9-11-22(17)13-15/h3-6,9-13,24H,1-2H3. The number of aliphatic hydroxyl groups is 1. The van der Waals surface area contributed by atoms with E-state index in [1.165, 1.54) is 0 Å². The zero-order chi connectivity index (χ0) is 16.7. The molecule has 0 aliphatic carbocycles.